The summed E-state index contributed by atoms with van der Waals surface area (Å²) in [6.07, 6.45) is 2.88. The van der Waals surface area contributed by atoms with Crippen LogP contribution in [-0.2, 0) is 4.79 Å². The molecule has 0 heterocycles. The second-order valence-corrected chi connectivity index (χ2v) is 6.16. The van der Waals surface area contributed by atoms with Gasteiger partial charge < -0.3 is 10.1 Å². The molecule has 0 aromatic heterocycles. The minimum atomic E-state index is -0.479. The summed E-state index contributed by atoms with van der Waals surface area (Å²) in [7, 11) is 0. The maximum absolute atomic E-state index is 12.3. The molecule has 0 spiro atoms. The van der Waals surface area contributed by atoms with Crippen LogP contribution in [-0.4, -0.2) is 10.8 Å². The van der Waals surface area contributed by atoms with Crippen LogP contribution in [0, 0.1) is 10.1 Å². The molecule has 0 aliphatic rings. The number of para-hydroxylation sites is 1. The van der Waals surface area contributed by atoms with Crippen LogP contribution >= 0.6 is 11.6 Å². The van der Waals surface area contributed by atoms with E-state index in [4.69, 9.17) is 16.3 Å². The number of carbonyl (C=O) groups excluding carboxylic acids is 1. The molecular formula is C21H15ClN2O4. The molecule has 7 heteroatoms. The number of amides is 1. The Morgan fingerprint density at radius 1 is 1.04 bits per heavy atom. The zero-order chi connectivity index (χ0) is 19.9. The van der Waals surface area contributed by atoms with Gasteiger partial charge in [-0.2, -0.15) is 0 Å². The summed E-state index contributed by atoms with van der Waals surface area (Å²) in [5, 5.41) is 13.9. The number of carbonyl (C=O) groups is 1. The standard InChI is InChI=1S/C21H15ClN2O4/c22-16-9-12-20(28-18-4-2-1-3-5-18)19(14-16)23-21(25)13-8-15-6-10-17(11-7-15)24(26)27/h1-14H,(H,23,25)/b13-8+. The van der Waals surface area contributed by atoms with Crippen molar-refractivity contribution in [3.05, 3.63) is 99.6 Å². The second kappa shape index (κ2) is 8.83. The van der Waals surface area contributed by atoms with E-state index < -0.39 is 10.8 Å². The molecule has 0 aliphatic heterocycles. The first kappa shape index (κ1) is 19.1. The van der Waals surface area contributed by atoms with Gasteiger partial charge in [-0.25, -0.2) is 0 Å². The molecule has 0 saturated heterocycles. The minimum absolute atomic E-state index is 0.0109. The van der Waals surface area contributed by atoms with Crippen LogP contribution in [0.4, 0.5) is 11.4 Å². The lowest BCUT2D eigenvalue weighted by molar-refractivity contribution is -0.384. The molecule has 6 nitrogen and oxygen atoms in total. The fraction of sp³-hybridized carbons (Fsp3) is 0. The number of rotatable bonds is 6. The lowest BCUT2D eigenvalue weighted by Gasteiger charge is -2.12. The van der Waals surface area contributed by atoms with Crippen LogP contribution in [0.15, 0.2) is 78.9 Å². The maximum atomic E-state index is 12.3. The van der Waals surface area contributed by atoms with Crippen molar-refractivity contribution in [2.75, 3.05) is 5.32 Å². The highest BCUT2D eigenvalue weighted by Gasteiger charge is 2.09. The van der Waals surface area contributed by atoms with Gasteiger partial charge in [-0.15, -0.1) is 0 Å². The average Bonchev–Trinajstić information content (AvgIpc) is 2.69. The van der Waals surface area contributed by atoms with Gasteiger partial charge in [0.25, 0.3) is 5.69 Å². The van der Waals surface area contributed by atoms with E-state index in [9.17, 15) is 14.9 Å². The van der Waals surface area contributed by atoms with Gasteiger partial charge in [-0.05, 0) is 54.1 Å². The minimum Gasteiger partial charge on any atom is -0.455 e. The lowest BCUT2D eigenvalue weighted by Crippen LogP contribution is -2.08. The van der Waals surface area contributed by atoms with E-state index >= 15 is 0 Å². The van der Waals surface area contributed by atoms with Gasteiger partial charge in [-0.1, -0.05) is 29.8 Å². The van der Waals surface area contributed by atoms with Crippen molar-refractivity contribution in [2.24, 2.45) is 0 Å². The normalized spacial score (nSPS) is 10.6. The fourth-order valence-corrected chi connectivity index (χ4v) is 2.53. The third kappa shape index (κ3) is 5.18. The zero-order valence-corrected chi connectivity index (χ0v) is 15.3. The number of halogens is 1. The van der Waals surface area contributed by atoms with Gasteiger partial charge in [0.1, 0.15) is 5.75 Å². The Labute approximate surface area is 166 Å². The second-order valence-electron chi connectivity index (χ2n) is 5.73. The first-order valence-corrected chi connectivity index (χ1v) is 8.65. The van der Waals surface area contributed by atoms with Gasteiger partial charge in [0, 0.05) is 23.2 Å². The van der Waals surface area contributed by atoms with Gasteiger partial charge in [0.2, 0.25) is 5.91 Å². The number of nitro groups is 1. The van der Waals surface area contributed by atoms with Crippen LogP contribution in [0.5, 0.6) is 11.5 Å². The van der Waals surface area contributed by atoms with Crippen LogP contribution in [0.3, 0.4) is 0 Å². The van der Waals surface area contributed by atoms with E-state index in [2.05, 4.69) is 5.32 Å². The van der Waals surface area contributed by atoms with Gasteiger partial charge in [0.15, 0.2) is 5.75 Å². The predicted octanol–water partition coefficient (Wildman–Crippen LogP) is 5.69. The highest BCUT2D eigenvalue weighted by molar-refractivity contribution is 6.31. The van der Waals surface area contributed by atoms with E-state index in [1.54, 1.807) is 48.5 Å². The fourth-order valence-electron chi connectivity index (χ4n) is 2.36. The highest BCUT2D eigenvalue weighted by Crippen LogP contribution is 2.32. The Bertz CT molecular complexity index is 1020. The monoisotopic (exact) mass is 394 g/mol. The molecule has 0 fully saturated rings. The molecule has 0 unspecified atom stereocenters. The third-order valence-corrected chi connectivity index (χ3v) is 3.94. The summed E-state index contributed by atoms with van der Waals surface area (Å²) in [5.41, 5.74) is 1.07. The Morgan fingerprint density at radius 3 is 2.43 bits per heavy atom. The number of nitrogens with zero attached hydrogens (tertiary/aromatic N) is 1. The molecule has 28 heavy (non-hydrogen) atoms. The number of anilines is 1. The average molecular weight is 395 g/mol. The van der Waals surface area contributed by atoms with Crippen molar-refractivity contribution in [3.8, 4) is 11.5 Å². The van der Waals surface area contributed by atoms with Crippen LogP contribution in [0.25, 0.3) is 6.08 Å². The van der Waals surface area contributed by atoms with E-state index in [0.29, 0.717) is 27.8 Å². The zero-order valence-electron chi connectivity index (χ0n) is 14.5. The molecule has 140 valence electrons. The van der Waals surface area contributed by atoms with Crippen molar-refractivity contribution in [1.82, 2.24) is 0 Å². The summed E-state index contributed by atoms with van der Waals surface area (Å²) in [6.45, 7) is 0. The number of ether oxygens (including phenoxy) is 1. The summed E-state index contributed by atoms with van der Waals surface area (Å²) in [5.74, 6) is 0.688. The first-order valence-electron chi connectivity index (χ1n) is 8.27. The molecule has 0 saturated carbocycles. The molecule has 0 radical (unpaired) electrons. The van der Waals surface area contributed by atoms with Gasteiger partial charge in [-0.3, -0.25) is 14.9 Å². The van der Waals surface area contributed by atoms with Crippen molar-refractivity contribution in [2.45, 2.75) is 0 Å². The van der Waals surface area contributed by atoms with E-state index in [1.807, 2.05) is 18.2 Å². The van der Waals surface area contributed by atoms with Crippen molar-refractivity contribution < 1.29 is 14.5 Å². The highest BCUT2D eigenvalue weighted by atomic mass is 35.5. The Kier molecular flexibility index (Phi) is 6.04. The van der Waals surface area contributed by atoms with Crippen molar-refractivity contribution in [3.63, 3.8) is 0 Å². The summed E-state index contributed by atoms with van der Waals surface area (Å²) >= 11 is 6.04. The van der Waals surface area contributed by atoms with Gasteiger partial charge in [0.05, 0.1) is 10.6 Å². The number of nitrogens with one attached hydrogen (secondary N) is 1. The SMILES string of the molecule is O=C(/C=C/c1ccc([N+](=O)[O-])cc1)Nc1cc(Cl)ccc1Oc1ccccc1. The maximum Gasteiger partial charge on any atom is 0.269 e. The Hall–Kier alpha value is -3.64. The van der Waals surface area contributed by atoms with Crippen LogP contribution < -0.4 is 10.1 Å². The molecule has 3 rings (SSSR count). The Morgan fingerprint density at radius 2 is 1.75 bits per heavy atom. The largest absolute Gasteiger partial charge is 0.455 e. The molecule has 3 aromatic rings. The molecule has 0 bridgehead atoms. The first-order chi connectivity index (χ1) is 13.5. The van der Waals surface area contributed by atoms with Gasteiger partial charge >= 0.3 is 0 Å². The molecule has 3 aromatic carbocycles. The lowest BCUT2D eigenvalue weighted by atomic mass is 10.2. The molecule has 1 N–H and O–H groups in total. The van der Waals surface area contributed by atoms with E-state index in [-0.39, 0.29) is 5.69 Å². The predicted molar refractivity (Wildman–Crippen MR) is 109 cm³/mol. The number of hydrogen-bond acceptors (Lipinski definition) is 4. The number of hydrogen-bond donors (Lipinski definition) is 1. The molecule has 1 amide bonds. The Balaban J connectivity index is 1.72. The summed E-state index contributed by atoms with van der Waals surface area (Å²) < 4.78 is 5.80. The third-order valence-electron chi connectivity index (χ3n) is 3.70. The van der Waals surface area contributed by atoms with E-state index in [1.165, 1.54) is 18.2 Å². The number of non-ortho nitro benzene ring substituents is 1. The number of benzene rings is 3. The molecule has 0 atom stereocenters. The van der Waals surface area contributed by atoms with E-state index in [0.717, 1.165) is 0 Å². The molecule has 0 aliphatic carbocycles. The molecular weight excluding hydrogens is 380 g/mol. The summed E-state index contributed by atoms with van der Waals surface area (Å²) in [4.78, 5) is 22.5. The van der Waals surface area contributed by atoms with Crippen LogP contribution in [0.2, 0.25) is 5.02 Å². The smallest absolute Gasteiger partial charge is 0.269 e. The summed E-state index contributed by atoms with van der Waals surface area (Å²) in [6, 6.07) is 20.0. The number of nitro benzene ring substituents is 1. The van der Waals surface area contributed by atoms with Crippen molar-refractivity contribution >= 4 is 35.0 Å². The van der Waals surface area contributed by atoms with Crippen molar-refractivity contribution in [1.29, 1.82) is 0 Å². The topological polar surface area (TPSA) is 81.5 Å². The quantitative estimate of drug-likeness (QED) is 0.330. The van der Waals surface area contributed by atoms with Crippen LogP contribution in [0.1, 0.15) is 5.56 Å².